The topological polar surface area (TPSA) is 79.9 Å². The van der Waals surface area contributed by atoms with Gasteiger partial charge < -0.3 is 10.1 Å². The fraction of sp³-hybridized carbons (Fsp3) is 0.783. The van der Waals surface area contributed by atoms with E-state index in [0.717, 1.165) is 37.5 Å². The van der Waals surface area contributed by atoms with Gasteiger partial charge in [-0.25, -0.2) is 4.68 Å². The van der Waals surface area contributed by atoms with Gasteiger partial charge in [-0.05, 0) is 74.5 Å². The molecule has 6 rings (SSSR count). The maximum absolute atomic E-state index is 13.3. The SMILES string of the molecule is Cn1ncc(C(=O)NC2(C#N)C3CC4CC(C3)CC2C4)c1OCC1CCCCC1. The van der Waals surface area contributed by atoms with E-state index in [1.165, 1.54) is 38.5 Å². The highest BCUT2D eigenvalue weighted by molar-refractivity contribution is 5.97. The van der Waals surface area contributed by atoms with E-state index < -0.39 is 5.54 Å². The van der Waals surface area contributed by atoms with Crippen LogP contribution in [0.3, 0.4) is 0 Å². The van der Waals surface area contributed by atoms with E-state index in [4.69, 9.17) is 4.74 Å². The number of rotatable bonds is 5. The summed E-state index contributed by atoms with van der Waals surface area (Å²) in [6.07, 6.45) is 13.5. The third-order valence-corrected chi connectivity index (χ3v) is 8.24. The smallest absolute Gasteiger partial charge is 0.259 e. The maximum atomic E-state index is 13.3. The molecule has 4 bridgehead atoms. The minimum Gasteiger partial charge on any atom is -0.477 e. The molecule has 1 aromatic rings. The molecule has 0 saturated heterocycles. The first kappa shape index (κ1) is 19.0. The van der Waals surface area contributed by atoms with Crippen LogP contribution in [0.25, 0.3) is 0 Å². The molecule has 0 aromatic carbocycles. The Labute approximate surface area is 173 Å². The molecule has 0 spiro atoms. The number of carbonyl (C=O) groups excluding carboxylic acids is 1. The van der Waals surface area contributed by atoms with Crippen molar-refractivity contribution in [1.82, 2.24) is 15.1 Å². The number of amides is 1. The summed E-state index contributed by atoms with van der Waals surface area (Å²) in [7, 11) is 1.82. The van der Waals surface area contributed by atoms with Crippen molar-refractivity contribution in [3.05, 3.63) is 11.8 Å². The van der Waals surface area contributed by atoms with Crippen molar-refractivity contribution in [2.45, 2.75) is 69.7 Å². The summed E-state index contributed by atoms with van der Waals surface area (Å²) >= 11 is 0. The first-order valence-corrected chi connectivity index (χ1v) is 11.5. The van der Waals surface area contributed by atoms with E-state index >= 15 is 0 Å². The minimum absolute atomic E-state index is 0.203. The van der Waals surface area contributed by atoms with Crippen LogP contribution < -0.4 is 10.1 Å². The molecule has 0 aliphatic heterocycles. The van der Waals surface area contributed by atoms with Crippen LogP contribution in [0.4, 0.5) is 0 Å². The fourth-order valence-corrected chi connectivity index (χ4v) is 6.90. The summed E-state index contributed by atoms with van der Waals surface area (Å²) in [6, 6.07) is 2.57. The molecule has 0 unspecified atom stereocenters. The molecule has 156 valence electrons. The van der Waals surface area contributed by atoms with Gasteiger partial charge in [0.15, 0.2) is 0 Å². The Morgan fingerprint density at radius 3 is 2.48 bits per heavy atom. The molecular weight excluding hydrogens is 364 g/mol. The summed E-state index contributed by atoms with van der Waals surface area (Å²) in [6.45, 7) is 0.637. The second kappa shape index (κ2) is 7.34. The lowest BCUT2D eigenvalue weighted by Crippen LogP contribution is -2.65. The third kappa shape index (κ3) is 3.23. The average molecular weight is 397 g/mol. The zero-order chi connectivity index (χ0) is 20.0. The van der Waals surface area contributed by atoms with Gasteiger partial charge >= 0.3 is 0 Å². The van der Waals surface area contributed by atoms with Gasteiger partial charge in [0.25, 0.3) is 5.91 Å². The van der Waals surface area contributed by atoms with Gasteiger partial charge in [0.05, 0.1) is 18.9 Å². The van der Waals surface area contributed by atoms with Crippen LogP contribution >= 0.6 is 0 Å². The second-order valence-corrected chi connectivity index (χ2v) is 10.0. The van der Waals surface area contributed by atoms with Crippen LogP contribution in [0, 0.1) is 40.9 Å². The molecule has 1 heterocycles. The molecule has 0 atom stereocenters. The Morgan fingerprint density at radius 2 is 1.86 bits per heavy atom. The number of nitrogens with one attached hydrogen (secondary N) is 1. The standard InChI is InChI=1S/C23H32N4O2/c1-27-22(29-13-15-5-3-2-4-6-15)20(12-25-27)21(28)26-23(14-24)18-8-16-7-17(10-18)11-19(23)9-16/h12,15-19H,2-11,13H2,1H3,(H,26,28). The van der Waals surface area contributed by atoms with Crippen molar-refractivity contribution >= 4 is 5.91 Å². The number of ether oxygens (including phenoxy) is 1. The Bertz CT molecular complexity index is 789. The van der Waals surface area contributed by atoms with Crippen LogP contribution in [0.2, 0.25) is 0 Å². The maximum Gasteiger partial charge on any atom is 0.259 e. The van der Waals surface area contributed by atoms with Crippen LogP contribution in [0.5, 0.6) is 5.88 Å². The monoisotopic (exact) mass is 396 g/mol. The first-order chi connectivity index (χ1) is 14.1. The zero-order valence-electron chi connectivity index (χ0n) is 17.4. The van der Waals surface area contributed by atoms with Crippen molar-refractivity contribution in [2.24, 2.45) is 36.6 Å². The molecule has 0 radical (unpaired) electrons. The average Bonchev–Trinajstić information content (AvgIpc) is 3.10. The number of hydrogen-bond donors (Lipinski definition) is 1. The van der Waals surface area contributed by atoms with Gasteiger partial charge in [-0.2, -0.15) is 10.4 Å². The van der Waals surface area contributed by atoms with Crippen LogP contribution in [0.15, 0.2) is 6.20 Å². The quantitative estimate of drug-likeness (QED) is 0.820. The Morgan fingerprint density at radius 1 is 1.21 bits per heavy atom. The first-order valence-electron chi connectivity index (χ1n) is 11.5. The van der Waals surface area contributed by atoms with Crippen molar-refractivity contribution in [1.29, 1.82) is 5.26 Å². The van der Waals surface area contributed by atoms with Crippen molar-refractivity contribution in [2.75, 3.05) is 6.61 Å². The molecular formula is C23H32N4O2. The molecule has 5 aliphatic rings. The predicted octanol–water partition coefficient (Wildman–Crippen LogP) is 3.83. The van der Waals surface area contributed by atoms with E-state index in [9.17, 15) is 10.1 Å². The molecule has 1 aromatic heterocycles. The van der Waals surface area contributed by atoms with E-state index in [2.05, 4.69) is 16.5 Å². The molecule has 29 heavy (non-hydrogen) atoms. The molecule has 1 N–H and O–H groups in total. The Kier molecular flexibility index (Phi) is 4.80. The van der Waals surface area contributed by atoms with Crippen LogP contribution in [-0.4, -0.2) is 27.8 Å². The van der Waals surface area contributed by atoms with E-state index in [-0.39, 0.29) is 17.7 Å². The normalized spacial score (nSPS) is 36.0. The summed E-state index contributed by atoms with van der Waals surface area (Å²) in [4.78, 5) is 13.3. The molecule has 5 saturated carbocycles. The molecule has 1 amide bonds. The van der Waals surface area contributed by atoms with Gasteiger partial charge in [0, 0.05) is 7.05 Å². The Hall–Kier alpha value is -2.03. The van der Waals surface area contributed by atoms with Crippen molar-refractivity contribution < 1.29 is 9.53 Å². The molecule has 6 nitrogen and oxygen atoms in total. The number of carbonyl (C=O) groups is 1. The lowest BCUT2D eigenvalue weighted by Gasteiger charge is -2.58. The molecule has 5 fully saturated rings. The largest absolute Gasteiger partial charge is 0.477 e. The summed E-state index contributed by atoms with van der Waals surface area (Å²) in [5.41, 5.74) is -0.257. The molecule has 6 heteroatoms. The highest BCUT2D eigenvalue weighted by atomic mass is 16.5. The third-order valence-electron chi connectivity index (χ3n) is 8.24. The fourth-order valence-electron chi connectivity index (χ4n) is 6.90. The number of nitriles is 1. The lowest BCUT2D eigenvalue weighted by molar-refractivity contribution is -0.0432. The van der Waals surface area contributed by atoms with E-state index in [1.54, 1.807) is 10.9 Å². The van der Waals surface area contributed by atoms with E-state index in [1.807, 2.05) is 7.05 Å². The van der Waals surface area contributed by atoms with Gasteiger partial charge in [-0.1, -0.05) is 19.3 Å². The number of hydrogen-bond acceptors (Lipinski definition) is 4. The zero-order valence-corrected chi connectivity index (χ0v) is 17.4. The second-order valence-electron chi connectivity index (χ2n) is 10.0. The van der Waals surface area contributed by atoms with Gasteiger partial charge in [0.1, 0.15) is 11.1 Å². The summed E-state index contributed by atoms with van der Waals surface area (Å²) < 4.78 is 7.75. The highest BCUT2D eigenvalue weighted by Gasteiger charge is 2.58. The number of aryl methyl sites for hydroxylation is 1. The van der Waals surface area contributed by atoms with Gasteiger partial charge in [-0.15, -0.1) is 0 Å². The van der Waals surface area contributed by atoms with Gasteiger partial charge in [-0.3, -0.25) is 4.79 Å². The number of nitrogens with zero attached hydrogens (tertiary/aromatic N) is 3. The molecule has 5 aliphatic carbocycles. The van der Waals surface area contributed by atoms with Crippen molar-refractivity contribution in [3.63, 3.8) is 0 Å². The van der Waals surface area contributed by atoms with Gasteiger partial charge in [0.2, 0.25) is 5.88 Å². The Balaban J connectivity index is 1.32. The lowest BCUT2D eigenvalue weighted by atomic mass is 9.49. The predicted molar refractivity (Wildman–Crippen MR) is 108 cm³/mol. The van der Waals surface area contributed by atoms with Crippen molar-refractivity contribution in [3.8, 4) is 11.9 Å². The summed E-state index contributed by atoms with van der Waals surface area (Å²) in [5, 5.41) is 17.7. The highest BCUT2D eigenvalue weighted by Crippen LogP contribution is 2.58. The number of aromatic nitrogens is 2. The summed E-state index contributed by atoms with van der Waals surface area (Å²) in [5.74, 6) is 2.97. The van der Waals surface area contributed by atoms with E-state index in [0.29, 0.717) is 24.0 Å². The minimum atomic E-state index is -0.721. The van der Waals surface area contributed by atoms with Crippen LogP contribution in [-0.2, 0) is 7.05 Å². The van der Waals surface area contributed by atoms with Crippen LogP contribution in [0.1, 0.15) is 74.6 Å².